The number of aryl methyl sites for hydroxylation is 2. The van der Waals surface area contributed by atoms with Crippen molar-refractivity contribution in [2.24, 2.45) is 5.92 Å². The highest BCUT2D eigenvalue weighted by molar-refractivity contribution is 7.98. The summed E-state index contributed by atoms with van der Waals surface area (Å²) in [5, 5.41) is 2.90. The summed E-state index contributed by atoms with van der Waals surface area (Å²) in [4.78, 5) is 32.6. The van der Waals surface area contributed by atoms with E-state index in [9.17, 15) is 9.59 Å². The number of hydrogen-bond acceptors (Lipinski definition) is 4. The molecule has 31 heavy (non-hydrogen) atoms. The van der Waals surface area contributed by atoms with Crippen molar-refractivity contribution in [1.82, 2.24) is 4.98 Å². The predicted octanol–water partition coefficient (Wildman–Crippen LogP) is 4.98. The van der Waals surface area contributed by atoms with Gasteiger partial charge in [-0.15, -0.1) is 11.8 Å². The fourth-order valence-corrected chi connectivity index (χ4v) is 4.42. The van der Waals surface area contributed by atoms with Gasteiger partial charge in [0.1, 0.15) is 5.92 Å². The first kappa shape index (κ1) is 21.1. The van der Waals surface area contributed by atoms with Gasteiger partial charge in [0.15, 0.2) is 0 Å². The van der Waals surface area contributed by atoms with E-state index < -0.39 is 5.92 Å². The number of pyridine rings is 1. The molecule has 3 aromatic rings. The molecule has 0 saturated carbocycles. The smallest absolute Gasteiger partial charge is 0.239 e. The Morgan fingerprint density at radius 1 is 1.13 bits per heavy atom. The highest BCUT2D eigenvalue weighted by atomic mass is 32.2. The van der Waals surface area contributed by atoms with Gasteiger partial charge in [0, 0.05) is 41.0 Å². The van der Waals surface area contributed by atoms with Crippen molar-refractivity contribution in [1.29, 1.82) is 0 Å². The Labute approximate surface area is 186 Å². The van der Waals surface area contributed by atoms with Gasteiger partial charge >= 0.3 is 0 Å². The van der Waals surface area contributed by atoms with Crippen LogP contribution in [0.4, 0.5) is 11.4 Å². The summed E-state index contributed by atoms with van der Waals surface area (Å²) in [6, 6.07) is 17.7. The number of amides is 2. The molecule has 1 unspecified atom stereocenters. The molecule has 6 heteroatoms. The minimum atomic E-state index is -0.652. The van der Waals surface area contributed by atoms with E-state index in [1.807, 2.05) is 68.6 Å². The van der Waals surface area contributed by atoms with Crippen molar-refractivity contribution in [3.05, 3.63) is 83.7 Å². The molecule has 1 aliphatic rings. The zero-order chi connectivity index (χ0) is 21.8. The van der Waals surface area contributed by atoms with Gasteiger partial charge < -0.3 is 10.2 Å². The Balaban J connectivity index is 1.34. The van der Waals surface area contributed by atoms with E-state index in [1.54, 1.807) is 22.9 Å². The molecule has 0 radical (unpaired) electrons. The average Bonchev–Trinajstić information content (AvgIpc) is 3.17. The van der Waals surface area contributed by atoms with Crippen LogP contribution in [0.2, 0.25) is 0 Å². The maximum Gasteiger partial charge on any atom is 0.239 e. The summed E-state index contributed by atoms with van der Waals surface area (Å²) in [6.07, 6.45) is 4.15. The van der Waals surface area contributed by atoms with E-state index in [2.05, 4.69) is 16.4 Å². The second-order valence-corrected chi connectivity index (χ2v) is 8.81. The first-order valence-electron chi connectivity index (χ1n) is 10.3. The quantitative estimate of drug-likeness (QED) is 0.442. The van der Waals surface area contributed by atoms with Crippen molar-refractivity contribution in [2.45, 2.75) is 30.9 Å². The summed E-state index contributed by atoms with van der Waals surface area (Å²) < 4.78 is 0. The van der Waals surface area contributed by atoms with Gasteiger partial charge in [0.05, 0.1) is 0 Å². The minimum Gasteiger partial charge on any atom is -0.325 e. The van der Waals surface area contributed by atoms with E-state index in [0.29, 0.717) is 18.7 Å². The number of benzene rings is 2. The lowest BCUT2D eigenvalue weighted by atomic mass is 10.1. The highest BCUT2D eigenvalue weighted by Gasteiger charge is 2.37. The van der Waals surface area contributed by atoms with Gasteiger partial charge in [-0.2, -0.15) is 0 Å². The fourth-order valence-electron chi connectivity index (χ4n) is 3.59. The summed E-state index contributed by atoms with van der Waals surface area (Å²) >= 11 is 1.71. The molecule has 158 valence electrons. The fraction of sp³-hybridized carbons (Fsp3) is 0.240. The molecular formula is C25H25N3O2S. The number of anilines is 2. The molecule has 2 heterocycles. The Bertz CT molecular complexity index is 1080. The van der Waals surface area contributed by atoms with Gasteiger partial charge in [-0.05, 0) is 79.4 Å². The first-order chi connectivity index (χ1) is 15.0. The van der Waals surface area contributed by atoms with Crippen molar-refractivity contribution in [3.63, 3.8) is 0 Å². The molecule has 0 aliphatic carbocycles. The van der Waals surface area contributed by atoms with Crippen LogP contribution in [0, 0.1) is 19.8 Å². The number of carbonyl (C=O) groups is 2. The van der Waals surface area contributed by atoms with E-state index in [0.717, 1.165) is 27.5 Å². The van der Waals surface area contributed by atoms with Gasteiger partial charge in [-0.25, -0.2) is 0 Å². The van der Waals surface area contributed by atoms with Crippen LogP contribution < -0.4 is 10.2 Å². The molecule has 1 fully saturated rings. The molecule has 5 nitrogen and oxygen atoms in total. The zero-order valence-corrected chi connectivity index (χ0v) is 18.5. The lowest BCUT2D eigenvalue weighted by molar-refractivity contribution is -0.129. The third-order valence-electron chi connectivity index (χ3n) is 5.57. The van der Waals surface area contributed by atoms with Crippen LogP contribution in [-0.4, -0.2) is 23.3 Å². The summed E-state index contributed by atoms with van der Waals surface area (Å²) in [5.74, 6) is -0.192. The maximum atomic E-state index is 12.9. The van der Waals surface area contributed by atoms with E-state index >= 15 is 0 Å². The molecule has 1 N–H and O–H groups in total. The summed E-state index contributed by atoms with van der Waals surface area (Å²) in [7, 11) is 0. The van der Waals surface area contributed by atoms with Crippen LogP contribution in [0.15, 0.2) is 71.9 Å². The van der Waals surface area contributed by atoms with E-state index in [-0.39, 0.29) is 11.8 Å². The monoisotopic (exact) mass is 431 g/mol. The second-order valence-electron chi connectivity index (χ2n) is 7.76. The van der Waals surface area contributed by atoms with Crippen LogP contribution in [0.1, 0.15) is 23.1 Å². The Kier molecular flexibility index (Phi) is 6.37. The summed E-state index contributed by atoms with van der Waals surface area (Å²) in [5.41, 5.74) is 5.05. The van der Waals surface area contributed by atoms with Crippen molar-refractivity contribution < 1.29 is 9.59 Å². The third kappa shape index (κ3) is 4.97. The number of rotatable bonds is 6. The average molecular weight is 432 g/mol. The molecule has 0 bridgehead atoms. The Hall–Kier alpha value is -3.12. The summed E-state index contributed by atoms with van der Waals surface area (Å²) in [6.45, 7) is 4.63. The van der Waals surface area contributed by atoms with Crippen LogP contribution >= 0.6 is 11.8 Å². The van der Waals surface area contributed by atoms with Gasteiger partial charge in [-0.3, -0.25) is 14.6 Å². The standard InChI is InChI=1S/C25H25N3O2S/c1-17-5-8-21(14-18(17)2)28-13-11-23(25(28)30)24(29)27-20-6-9-22(10-7-20)31-16-19-4-3-12-26-15-19/h3-10,12,14-15,23H,11,13,16H2,1-2H3,(H,27,29). The zero-order valence-electron chi connectivity index (χ0n) is 17.7. The minimum absolute atomic E-state index is 0.135. The molecule has 1 aliphatic heterocycles. The van der Waals surface area contributed by atoms with Crippen molar-refractivity contribution in [3.8, 4) is 0 Å². The van der Waals surface area contributed by atoms with E-state index in [1.165, 1.54) is 5.56 Å². The molecule has 1 aromatic heterocycles. The topological polar surface area (TPSA) is 62.3 Å². The van der Waals surface area contributed by atoms with Crippen molar-refractivity contribution >= 4 is 35.0 Å². The van der Waals surface area contributed by atoms with Gasteiger partial charge in [0.25, 0.3) is 0 Å². The largest absolute Gasteiger partial charge is 0.325 e. The normalized spacial score (nSPS) is 15.9. The predicted molar refractivity (Wildman–Crippen MR) is 125 cm³/mol. The molecular weight excluding hydrogens is 406 g/mol. The lowest BCUT2D eigenvalue weighted by Gasteiger charge is -2.18. The maximum absolute atomic E-state index is 12.9. The Morgan fingerprint density at radius 3 is 2.65 bits per heavy atom. The third-order valence-corrected chi connectivity index (χ3v) is 6.66. The first-order valence-corrected chi connectivity index (χ1v) is 11.3. The van der Waals surface area contributed by atoms with Crippen LogP contribution in [0.25, 0.3) is 0 Å². The molecule has 2 amide bonds. The van der Waals surface area contributed by atoms with E-state index in [4.69, 9.17) is 0 Å². The number of nitrogens with one attached hydrogen (secondary N) is 1. The van der Waals surface area contributed by atoms with Crippen LogP contribution in [-0.2, 0) is 15.3 Å². The van der Waals surface area contributed by atoms with Crippen LogP contribution in [0.3, 0.4) is 0 Å². The molecule has 0 spiro atoms. The van der Waals surface area contributed by atoms with Crippen molar-refractivity contribution in [2.75, 3.05) is 16.8 Å². The number of carbonyl (C=O) groups excluding carboxylic acids is 2. The SMILES string of the molecule is Cc1ccc(N2CCC(C(=O)Nc3ccc(SCc4cccnc4)cc3)C2=O)cc1C. The van der Waals surface area contributed by atoms with Crippen LogP contribution in [0.5, 0.6) is 0 Å². The van der Waals surface area contributed by atoms with Gasteiger partial charge in [-0.1, -0.05) is 12.1 Å². The lowest BCUT2D eigenvalue weighted by Crippen LogP contribution is -2.33. The number of thioether (sulfide) groups is 1. The van der Waals surface area contributed by atoms with Gasteiger partial charge in [0.2, 0.25) is 11.8 Å². The molecule has 1 saturated heterocycles. The molecule has 2 aromatic carbocycles. The second kappa shape index (κ2) is 9.35. The number of aromatic nitrogens is 1. The highest BCUT2D eigenvalue weighted by Crippen LogP contribution is 2.28. The molecule has 4 rings (SSSR count). The number of hydrogen-bond donors (Lipinski definition) is 1. The number of nitrogens with zero attached hydrogens (tertiary/aromatic N) is 2. The molecule has 1 atom stereocenters. The Morgan fingerprint density at radius 2 is 1.94 bits per heavy atom.